The van der Waals surface area contributed by atoms with Gasteiger partial charge in [0.1, 0.15) is 5.75 Å². The average Bonchev–Trinajstić information content (AvgIpc) is 2.98. The lowest BCUT2D eigenvalue weighted by molar-refractivity contribution is 0.413. The number of hydrogen-bond donors (Lipinski definition) is 0. The highest BCUT2D eigenvalue weighted by Crippen LogP contribution is 2.34. The van der Waals surface area contributed by atoms with E-state index in [0.29, 0.717) is 0 Å². The zero-order valence-corrected chi connectivity index (χ0v) is 11.2. The van der Waals surface area contributed by atoms with E-state index in [2.05, 4.69) is 28.2 Å². The van der Waals surface area contributed by atoms with Crippen LogP contribution in [0.1, 0.15) is 0 Å². The van der Waals surface area contributed by atoms with Crippen LogP contribution in [0.15, 0.2) is 55.1 Å². The Hall–Kier alpha value is -2.20. The van der Waals surface area contributed by atoms with Gasteiger partial charge in [-0.2, -0.15) is 0 Å². The van der Waals surface area contributed by atoms with Crippen molar-refractivity contribution in [1.82, 2.24) is 9.97 Å². The Labute approximate surface area is 115 Å². The molecule has 0 atom stereocenters. The van der Waals surface area contributed by atoms with E-state index in [1.165, 1.54) is 9.75 Å². The van der Waals surface area contributed by atoms with Gasteiger partial charge in [-0.25, -0.2) is 0 Å². The molecule has 0 aliphatic rings. The van der Waals surface area contributed by atoms with Crippen molar-refractivity contribution >= 4 is 11.3 Å². The van der Waals surface area contributed by atoms with Gasteiger partial charge in [0.25, 0.3) is 0 Å². The monoisotopic (exact) mass is 268 g/mol. The molecule has 0 amide bonds. The Kier molecular flexibility index (Phi) is 3.25. The number of hydrogen-bond acceptors (Lipinski definition) is 4. The van der Waals surface area contributed by atoms with Crippen LogP contribution < -0.4 is 4.74 Å². The van der Waals surface area contributed by atoms with Gasteiger partial charge >= 0.3 is 0 Å². The number of ether oxygens (including phenoxy) is 1. The van der Waals surface area contributed by atoms with E-state index in [-0.39, 0.29) is 0 Å². The summed E-state index contributed by atoms with van der Waals surface area (Å²) in [6, 6.07) is 10.2. The first-order valence-corrected chi connectivity index (χ1v) is 6.68. The van der Waals surface area contributed by atoms with Crippen LogP contribution in [0, 0.1) is 0 Å². The van der Waals surface area contributed by atoms with E-state index >= 15 is 0 Å². The summed E-state index contributed by atoms with van der Waals surface area (Å²) in [5.74, 6) is 0.772. The Morgan fingerprint density at radius 3 is 2.47 bits per heavy atom. The van der Waals surface area contributed by atoms with Crippen LogP contribution in [0.4, 0.5) is 0 Å². The molecule has 0 aromatic carbocycles. The maximum absolute atomic E-state index is 5.20. The van der Waals surface area contributed by atoms with Gasteiger partial charge in [-0.3, -0.25) is 9.97 Å². The lowest BCUT2D eigenvalue weighted by atomic mass is 10.2. The van der Waals surface area contributed by atoms with Crippen LogP contribution >= 0.6 is 11.3 Å². The predicted molar refractivity (Wildman–Crippen MR) is 77.3 cm³/mol. The molecule has 19 heavy (non-hydrogen) atoms. The molecule has 0 N–H and O–H groups in total. The molecule has 0 radical (unpaired) electrons. The van der Waals surface area contributed by atoms with Gasteiger partial charge in [0.05, 0.1) is 13.3 Å². The molecule has 0 unspecified atom stereocenters. The van der Waals surface area contributed by atoms with Gasteiger partial charge in [-0.15, -0.1) is 11.3 Å². The Balaban J connectivity index is 1.97. The third kappa shape index (κ3) is 2.48. The molecule has 0 aliphatic heterocycles. The van der Waals surface area contributed by atoms with Crippen molar-refractivity contribution < 1.29 is 4.74 Å². The average molecular weight is 268 g/mol. The lowest BCUT2D eigenvalue weighted by Gasteiger charge is -2.01. The van der Waals surface area contributed by atoms with Gasteiger partial charge in [-0.05, 0) is 24.3 Å². The number of methoxy groups -OCH3 is 1. The maximum atomic E-state index is 5.20. The van der Waals surface area contributed by atoms with Crippen LogP contribution in [0.3, 0.4) is 0 Å². The fourth-order valence-corrected chi connectivity index (χ4v) is 2.80. The maximum Gasteiger partial charge on any atom is 0.137 e. The summed E-state index contributed by atoms with van der Waals surface area (Å²) in [4.78, 5) is 10.7. The fraction of sp³-hybridized carbons (Fsp3) is 0.0667. The van der Waals surface area contributed by atoms with Gasteiger partial charge < -0.3 is 4.74 Å². The molecule has 3 aromatic rings. The highest BCUT2D eigenvalue weighted by Gasteiger charge is 2.06. The minimum absolute atomic E-state index is 0.772. The number of pyridine rings is 2. The van der Waals surface area contributed by atoms with Crippen molar-refractivity contribution in [3.05, 3.63) is 55.1 Å². The number of aromatic nitrogens is 2. The van der Waals surface area contributed by atoms with Crippen molar-refractivity contribution in [2.45, 2.75) is 0 Å². The number of thiophene rings is 1. The first kappa shape index (κ1) is 11.9. The quantitative estimate of drug-likeness (QED) is 0.723. The first-order chi connectivity index (χ1) is 9.36. The fourth-order valence-electron chi connectivity index (χ4n) is 1.82. The van der Waals surface area contributed by atoms with E-state index in [9.17, 15) is 0 Å². The molecule has 4 heteroatoms. The third-order valence-electron chi connectivity index (χ3n) is 2.79. The minimum Gasteiger partial charge on any atom is -0.495 e. The second-order valence-corrected chi connectivity index (χ2v) is 5.10. The topological polar surface area (TPSA) is 35.0 Å². The van der Waals surface area contributed by atoms with Crippen molar-refractivity contribution in [2.75, 3.05) is 7.11 Å². The summed E-state index contributed by atoms with van der Waals surface area (Å²) in [6.07, 6.45) is 7.21. The second kappa shape index (κ2) is 5.20. The number of nitrogens with zero attached hydrogens (tertiary/aromatic N) is 2. The molecule has 3 nitrogen and oxygen atoms in total. The van der Waals surface area contributed by atoms with Crippen molar-refractivity contribution in [3.8, 4) is 26.6 Å². The highest BCUT2D eigenvalue weighted by molar-refractivity contribution is 7.18. The van der Waals surface area contributed by atoms with Crippen molar-refractivity contribution in [3.63, 3.8) is 0 Å². The van der Waals surface area contributed by atoms with Crippen LogP contribution in [0.25, 0.3) is 20.9 Å². The highest BCUT2D eigenvalue weighted by atomic mass is 32.1. The first-order valence-electron chi connectivity index (χ1n) is 5.86. The summed E-state index contributed by atoms with van der Waals surface area (Å²) in [5, 5.41) is 0. The van der Waals surface area contributed by atoms with Crippen LogP contribution in [0.2, 0.25) is 0 Å². The van der Waals surface area contributed by atoms with Crippen LogP contribution in [0.5, 0.6) is 5.75 Å². The van der Waals surface area contributed by atoms with E-state index in [1.807, 2.05) is 24.5 Å². The van der Waals surface area contributed by atoms with Gasteiger partial charge in [-0.1, -0.05) is 6.07 Å². The molecule has 3 heterocycles. The minimum atomic E-state index is 0.772. The Morgan fingerprint density at radius 2 is 1.74 bits per heavy atom. The summed E-state index contributed by atoms with van der Waals surface area (Å²) in [6.45, 7) is 0. The molecular weight excluding hydrogens is 256 g/mol. The van der Waals surface area contributed by atoms with Gasteiger partial charge in [0.2, 0.25) is 0 Å². The predicted octanol–water partition coefficient (Wildman–Crippen LogP) is 3.88. The summed E-state index contributed by atoms with van der Waals surface area (Å²) < 4.78 is 5.20. The van der Waals surface area contributed by atoms with E-state index in [1.54, 1.807) is 30.8 Å². The smallest absolute Gasteiger partial charge is 0.137 e. The molecule has 0 saturated heterocycles. The Bertz CT molecular complexity index is 679. The molecule has 3 rings (SSSR count). The molecule has 0 saturated carbocycles. The zero-order valence-electron chi connectivity index (χ0n) is 10.4. The van der Waals surface area contributed by atoms with Crippen molar-refractivity contribution in [2.24, 2.45) is 0 Å². The standard InChI is InChI=1S/C15H12N2OS/c1-18-13-7-12(9-17-10-13)15-5-4-14(19-15)11-3-2-6-16-8-11/h2-10H,1H3. The zero-order chi connectivity index (χ0) is 13.1. The SMILES string of the molecule is COc1cncc(-c2ccc(-c3cccnc3)s2)c1. The second-order valence-electron chi connectivity index (χ2n) is 4.02. The third-order valence-corrected chi connectivity index (χ3v) is 3.97. The van der Waals surface area contributed by atoms with E-state index < -0.39 is 0 Å². The van der Waals surface area contributed by atoms with Crippen molar-refractivity contribution in [1.29, 1.82) is 0 Å². The normalized spacial score (nSPS) is 10.4. The Morgan fingerprint density at radius 1 is 0.947 bits per heavy atom. The van der Waals surface area contributed by atoms with E-state index in [4.69, 9.17) is 4.74 Å². The molecule has 0 bridgehead atoms. The summed E-state index contributed by atoms with van der Waals surface area (Å²) in [5.41, 5.74) is 2.20. The molecule has 94 valence electrons. The lowest BCUT2D eigenvalue weighted by Crippen LogP contribution is -1.84. The van der Waals surface area contributed by atoms with Crippen LogP contribution in [-0.4, -0.2) is 17.1 Å². The van der Waals surface area contributed by atoms with E-state index in [0.717, 1.165) is 16.9 Å². The van der Waals surface area contributed by atoms with Crippen LogP contribution in [-0.2, 0) is 0 Å². The number of rotatable bonds is 3. The largest absolute Gasteiger partial charge is 0.495 e. The molecule has 0 spiro atoms. The van der Waals surface area contributed by atoms with Gasteiger partial charge in [0, 0.05) is 39.5 Å². The summed E-state index contributed by atoms with van der Waals surface area (Å²) >= 11 is 1.72. The molecular formula is C15H12N2OS. The molecule has 0 fully saturated rings. The van der Waals surface area contributed by atoms with Gasteiger partial charge in [0.15, 0.2) is 0 Å². The molecule has 3 aromatic heterocycles. The molecule has 0 aliphatic carbocycles. The summed E-state index contributed by atoms with van der Waals surface area (Å²) in [7, 11) is 1.65.